The van der Waals surface area contributed by atoms with E-state index in [1.807, 2.05) is 55.6 Å². The van der Waals surface area contributed by atoms with Gasteiger partial charge in [-0.1, -0.05) is 68.6 Å². The van der Waals surface area contributed by atoms with Gasteiger partial charge < -0.3 is 9.47 Å². The van der Waals surface area contributed by atoms with Crippen molar-refractivity contribution < 1.29 is 14.3 Å². The lowest BCUT2D eigenvalue weighted by atomic mass is 9.99. The first-order chi connectivity index (χ1) is 18.3. The number of rotatable bonds is 11. The summed E-state index contributed by atoms with van der Waals surface area (Å²) in [5.74, 6) is 1.59. The predicted octanol–water partition coefficient (Wildman–Crippen LogP) is 8.85. The summed E-state index contributed by atoms with van der Waals surface area (Å²) in [4.78, 5) is 11.5. The summed E-state index contributed by atoms with van der Waals surface area (Å²) in [6.45, 7) is 9.28. The first-order valence-corrected chi connectivity index (χ1v) is 13.6. The second-order valence-corrected chi connectivity index (χ2v) is 10.3. The van der Waals surface area contributed by atoms with Gasteiger partial charge in [0.05, 0.1) is 34.1 Å². The number of carbonyl (C=O) groups excluding carboxylic acids is 1. The Balaban J connectivity index is 1.59. The van der Waals surface area contributed by atoms with E-state index in [4.69, 9.17) is 32.7 Å². The molecule has 0 aliphatic rings. The average Bonchev–Trinajstić information content (AvgIpc) is 3.31. The molecule has 7 heteroatoms. The third-order valence-electron chi connectivity index (χ3n) is 6.45. The van der Waals surface area contributed by atoms with Crippen molar-refractivity contribution >= 4 is 29.5 Å². The topological polar surface area (TPSA) is 53.4 Å². The van der Waals surface area contributed by atoms with Crippen LogP contribution in [-0.2, 0) is 6.61 Å². The van der Waals surface area contributed by atoms with Gasteiger partial charge in [0.15, 0.2) is 6.29 Å². The van der Waals surface area contributed by atoms with Gasteiger partial charge in [0.1, 0.15) is 23.8 Å². The molecular weight excluding hydrogens is 519 g/mol. The van der Waals surface area contributed by atoms with Crippen molar-refractivity contribution in [3.8, 4) is 28.3 Å². The maximum absolute atomic E-state index is 11.5. The molecule has 0 radical (unpaired) electrons. The molecule has 0 unspecified atom stereocenters. The molecule has 0 fully saturated rings. The molecule has 0 aliphatic heterocycles. The van der Waals surface area contributed by atoms with Gasteiger partial charge in [0.25, 0.3) is 0 Å². The lowest BCUT2D eigenvalue weighted by Gasteiger charge is -2.16. The number of para-hydroxylation sites is 1. The van der Waals surface area contributed by atoms with E-state index in [0.29, 0.717) is 40.3 Å². The van der Waals surface area contributed by atoms with Crippen molar-refractivity contribution in [1.29, 1.82) is 0 Å². The predicted molar refractivity (Wildman–Crippen MR) is 154 cm³/mol. The van der Waals surface area contributed by atoms with Crippen LogP contribution in [0.5, 0.6) is 11.5 Å². The van der Waals surface area contributed by atoms with Gasteiger partial charge >= 0.3 is 0 Å². The third kappa shape index (κ3) is 6.06. The fourth-order valence-electron chi connectivity index (χ4n) is 4.35. The summed E-state index contributed by atoms with van der Waals surface area (Å²) in [5, 5.41) is 5.64. The first kappa shape index (κ1) is 27.7. The molecule has 0 spiro atoms. The Labute approximate surface area is 234 Å². The standard InChI is InChI=1S/C31H32Cl2N2O3/c1-5-6-14-37-30-16-22(10-11-23(30)18-36)25-13-12-24(15-21(25)4)38-19-29-26(20(2)3)17-34-35(29)31-27(32)8-7-9-28(31)33/h7-13,15-18,20H,5-6,14,19H2,1-4H3. The Hall–Kier alpha value is -3.28. The quantitative estimate of drug-likeness (QED) is 0.138. The molecule has 198 valence electrons. The maximum atomic E-state index is 11.5. The van der Waals surface area contributed by atoms with Crippen molar-refractivity contribution in [3.05, 3.63) is 93.2 Å². The summed E-state index contributed by atoms with van der Waals surface area (Å²) < 4.78 is 13.9. The van der Waals surface area contributed by atoms with Crippen LogP contribution in [0.3, 0.4) is 0 Å². The van der Waals surface area contributed by atoms with Crippen molar-refractivity contribution in [1.82, 2.24) is 9.78 Å². The zero-order valence-corrected chi connectivity index (χ0v) is 23.6. The van der Waals surface area contributed by atoms with Crippen molar-refractivity contribution in [2.45, 2.75) is 53.1 Å². The van der Waals surface area contributed by atoms with Gasteiger partial charge in [-0.2, -0.15) is 5.10 Å². The number of carbonyl (C=O) groups is 1. The number of hydrogen-bond acceptors (Lipinski definition) is 4. The van der Waals surface area contributed by atoms with Crippen LogP contribution in [0.1, 0.15) is 66.7 Å². The highest BCUT2D eigenvalue weighted by atomic mass is 35.5. The molecule has 1 aromatic heterocycles. The van der Waals surface area contributed by atoms with E-state index in [9.17, 15) is 4.79 Å². The minimum absolute atomic E-state index is 0.246. The van der Waals surface area contributed by atoms with Crippen LogP contribution in [0.15, 0.2) is 60.8 Å². The Bertz CT molecular complexity index is 1410. The van der Waals surface area contributed by atoms with Crippen LogP contribution < -0.4 is 9.47 Å². The normalized spacial score (nSPS) is 11.1. The van der Waals surface area contributed by atoms with E-state index in [1.54, 1.807) is 16.8 Å². The van der Waals surface area contributed by atoms with E-state index in [2.05, 4.69) is 25.9 Å². The SMILES string of the molecule is CCCCOc1cc(-c2ccc(OCc3c(C(C)C)cnn3-c3c(Cl)cccc3Cl)cc2C)ccc1C=O. The van der Waals surface area contributed by atoms with Gasteiger partial charge in [0.2, 0.25) is 0 Å². The zero-order valence-electron chi connectivity index (χ0n) is 22.1. The number of aromatic nitrogens is 2. The summed E-state index contributed by atoms with van der Waals surface area (Å²) in [6, 6.07) is 17.1. The molecule has 4 rings (SSSR count). The molecule has 0 saturated carbocycles. The fraction of sp³-hybridized carbons (Fsp3) is 0.290. The van der Waals surface area contributed by atoms with Crippen LogP contribution in [0.4, 0.5) is 0 Å². The highest BCUT2D eigenvalue weighted by Crippen LogP contribution is 2.34. The fourth-order valence-corrected chi connectivity index (χ4v) is 4.91. The van der Waals surface area contributed by atoms with Crippen molar-refractivity contribution in [3.63, 3.8) is 0 Å². The minimum Gasteiger partial charge on any atom is -0.493 e. The molecule has 1 heterocycles. The summed E-state index contributed by atoms with van der Waals surface area (Å²) in [7, 11) is 0. The molecule has 0 atom stereocenters. The first-order valence-electron chi connectivity index (χ1n) is 12.8. The van der Waals surface area contributed by atoms with Gasteiger partial charge in [-0.3, -0.25) is 4.79 Å². The Morgan fingerprint density at radius 1 is 1.03 bits per heavy atom. The molecule has 4 aromatic rings. The molecule has 3 aromatic carbocycles. The molecule has 38 heavy (non-hydrogen) atoms. The highest BCUT2D eigenvalue weighted by molar-refractivity contribution is 6.37. The maximum Gasteiger partial charge on any atom is 0.153 e. The van der Waals surface area contributed by atoms with Crippen LogP contribution in [0, 0.1) is 6.92 Å². The molecule has 0 N–H and O–H groups in total. The molecule has 5 nitrogen and oxygen atoms in total. The number of aldehydes is 1. The highest BCUT2D eigenvalue weighted by Gasteiger charge is 2.19. The second kappa shape index (κ2) is 12.5. The van der Waals surface area contributed by atoms with Gasteiger partial charge in [-0.15, -0.1) is 0 Å². The third-order valence-corrected chi connectivity index (χ3v) is 7.06. The van der Waals surface area contributed by atoms with Crippen LogP contribution in [-0.4, -0.2) is 22.7 Å². The van der Waals surface area contributed by atoms with Gasteiger partial charge in [-0.25, -0.2) is 4.68 Å². The lowest BCUT2D eigenvalue weighted by Crippen LogP contribution is -2.09. The number of unbranched alkanes of at least 4 members (excludes halogenated alkanes) is 1. The van der Waals surface area contributed by atoms with Crippen LogP contribution >= 0.6 is 23.2 Å². The van der Waals surface area contributed by atoms with E-state index < -0.39 is 0 Å². The molecule has 0 amide bonds. The summed E-state index contributed by atoms with van der Waals surface area (Å²) in [6.07, 6.45) is 4.65. The summed E-state index contributed by atoms with van der Waals surface area (Å²) >= 11 is 13.0. The minimum atomic E-state index is 0.246. The largest absolute Gasteiger partial charge is 0.493 e. The number of benzene rings is 3. The van der Waals surface area contributed by atoms with E-state index in [1.165, 1.54) is 0 Å². The van der Waals surface area contributed by atoms with E-state index >= 15 is 0 Å². The molecule has 0 saturated heterocycles. The van der Waals surface area contributed by atoms with Crippen molar-refractivity contribution in [2.75, 3.05) is 6.61 Å². The lowest BCUT2D eigenvalue weighted by molar-refractivity contribution is 0.111. The monoisotopic (exact) mass is 550 g/mol. The van der Waals surface area contributed by atoms with E-state index in [0.717, 1.165) is 52.8 Å². The Morgan fingerprint density at radius 2 is 1.79 bits per heavy atom. The second-order valence-electron chi connectivity index (χ2n) is 9.52. The average molecular weight is 552 g/mol. The number of nitrogens with zero attached hydrogens (tertiary/aromatic N) is 2. The Morgan fingerprint density at radius 3 is 2.45 bits per heavy atom. The number of halogens is 2. The van der Waals surface area contributed by atoms with Crippen LogP contribution in [0.2, 0.25) is 10.0 Å². The molecular formula is C31H32Cl2N2O3. The molecule has 0 aliphatic carbocycles. The Kier molecular flexibility index (Phi) is 9.13. The zero-order chi connectivity index (χ0) is 27.2. The number of aryl methyl sites for hydroxylation is 1. The van der Waals surface area contributed by atoms with Crippen LogP contribution in [0.25, 0.3) is 16.8 Å². The smallest absolute Gasteiger partial charge is 0.153 e. The number of hydrogen-bond donors (Lipinski definition) is 0. The van der Waals surface area contributed by atoms with Gasteiger partial charge in [-0.05, 0) is 77.9 Å². The van der Waals surface area contributed by atoms with Crippen molar-refractivity contribution in [2.24, 2.45) is 0 Å². The number of ether oxygens (including phenoxy) is 2. The van der Waals surface area contributed by atoms with Gasteiger partial charge in [0, 0.05) is 0 Å². The molecule has 0 bridgehead atoms. The summed E-state index contributed by atoms with van der Waals surface area (Å²) in [5.41, 5.74) is 6.25. The van der Waals surface area contributed by atoms with E-state index in [-0.39, 0.29) is 5.92 Å².